The van der Waals surface area contributed by atoms with Crippen molar-refractivity contribution in [1.29, 1.82) is 0 Å². The van der Waals surface area contributed by atoms with Crippen LogP contribution in [0.25, 0.3) is 6.08 Å². The van der Waals surface area contributed by atoms with Crippen LogP contribution >= 0.6 is 11.6 Å². The first-order chi connectivity index (χ1) is 8.24. The summed E-state index contributed by atoms with van der Waals surface area (Å²) in [5.74, 6) is 0.909. The van der Waals surface area contributed by atoms with Gasteiger partial charge in [0.15, 0.2) is 0 Å². The van der Waals surface area contributed by atoms with Gasteiger partial charge >= 0.3 is 0 Å². The van der Waals surface area contributed by atoms with E-state index in [1.807, 2.05) is 12.1 Å². The van der Waals surface area contributed by atoms with Gasteiger partial charge < -0.3 is 0 Å². The molecule has 0 bridgehead atoms. The second-order valence-corrected chi connectivity index (χ2v) is 5.37. The molecular weight excluding hydrogens is 230 g/mol. The van der Waals surface area contributed by atoms with Gasteiger partial charge in [0.2, 0.25) is 0 Å². The average molecular weight is 250 g/mol. The van der Waals surface area contributed by atoms with Gasteiger partial charge in [0, 0.05) is 11.6 Å². The lowest BCUT2D eigenvalue weighted by atomic mass is 9.99. The second kappa shape index (κ2) is 6.23. The minimum Gasteiger partial charge on any atom is -0.300 e. The normalized spacial score (nSPS) is 18.9. The lowest BCUT2D eigenvalue weighted by Crippen LogP contribution is -2.32. The van der Waals surface area contributed by atoms with E-state index < -0.39 is 0 Å². The topological polar surface area (TPSA) is 3.24 Å². The van der Waals surface area contributed by atoms with Gasteiger partial charge in [-0.15, -0.1) is 0 Å². The first kappa shape index (κ1) is 12.7. The molecule has 1 fully saturated rings. The van der Waals surface area contributed by atoms with E-state index in [-0.39, 0.29) is 0 Å². The summed E-state index contributed by atoms with van der Waals surface area (Å²) in [5, 5.41) is 0.798. The van der Waals surface area contributed by atoms with E-state index in [4.69, 9.17) is 11.6 Å². The van der Waals surface area contributed by atoms with Gasteiger partial charge in [0.05, 0.1) is 0 Å². The van der Waals surface area contributed by atoms with Crippen LogP contribution in [0.3, 0.4) is 0 Å². The van der Waals surface area contributed by atoms with Crippen molar-refractivity contribution in [3.63, 3.8) is 0 Å². The van der Waals surface area contributed by atoms with E-state index in [1.165, 1.54) is 31.5 Å². The van der Waals surface area contributed by atoms with Crippen molar-refractivity contribution in [3.05, 3.63) is 40.9 Å². The third-order valence-corrected chi connectivity index (χ3v) is 3.67. The predicted octanol–water partition coefficient (Wildman–Crippen LogP) is 4.09. The fourth-order valence-electron chi connectivity index (χ4n) is 2.16. The van der Waals surface area contributed by atoms with Crippen molar-refractivity contribution >= 4 is 17.7 Å². The summed E-state index contributed by atoms with van der Waals surface area (Å²) in [7, 11) is 0. The lowest BCUT2D eigenvalue weighted by Gasteiger charge is -2.29. The monoisotopic (exact) mass is 249 g/mol. The molecule has 2 rings (SSSR count). The summed E-state index contributed by atoms with van der Waals surface area (Å²) in [6, 6.07) is 7.97. The van der Waals surface area contributed by atoms with Crippen molar-refractivity contribution in [3.8, 4) is 0 Å². The van der Waals surface area contributed by atoms with E-state index in [9.17, 15) is 0 Å². The van der Waals surface area contributed by atoms with Gasteiger partial charge in [-0.25, -0.2) is 0 Å². The smallest absolute Gasteiger partial charge is 0.0406 e. The molecule has 1 aliphatic heterocycles. The number of halogens is 1. The van der Waals surface area contributed by atoms with Crippen molar-refractivity contribution < 1.29 is 0 Å². The van der Waals surface area contributed by atoms with Crippen LogP contribution in [0.4, 0.5) is 0 Å². The molecule has 1 saturated heterocycles. The summed E-state index contributed by atoms with van der Waals surface area (Å²) in [5.41, 5.74) is 1.22. The molecule has 1 aromatic carbocycles. The van der Waals surface area contributed by atoms with Crippen molar-refractivity contribution in [2.75, 3.05) is 19.6 Å². The standard InChI is InChI=1S/C15H20ClN/c1-13-8-11-17(12-9-13)10-2-3-14-4-6-15(16)7-5-14/h2-7,13H,8-12H2,1H3/b3-2+. The molecule has 1 nitrogen and oxygen atoms in total. The second-order valence-electron chi connectivity index (χ2n) is 4.94. The first-order valence-corrected chi connectivity index (χ1v) is 6.76. The molecule has 17 heavy (non-hydrogen) atoms. The number of hydrogen-bond acceptors (Lipinski definition) is 1. The average Bonchev–Trinajstić information content (AvgIpc) is 2.34. The van der Waals surface area contributed by atoms with Gasteiger partial charge in [-0.3, -0.25) is 4.90 Å². The van der Waals surface area contributed by atoms with Crippen molar-refractivity contribution in [2.24, 2.45) is 5.92 Å². The molecule has 0 amide bonds. The van der Waals surface area contributed by atoms with E-state index in [1.54, 1.807) is 0 Å². The zero-order chi connectivity index (χ0) is 12.1. The van der Waals surface area contributed by atoms with E-state index >= 15 is 0 Å². The van der Waals surface area contributed by atoms with Crippen LogP contribution in [-0.4, -0.2) is 24.5 Å². The Labute approximate surface area is 109 Å². The molecule has 0 aromatic heterocycles. The van der Waals surface area contributed by atoms with Crippen LogP contribution in [0, 0.1) is 5.92 Å². The molecule has 1 aromatic rings. The molecule has 0 atom stereocenters. The Morgan fingerprint density at radius 3 is 2.53 bits per heavy atom. The fraction of sp³-hybridized carbons (Fsp3) is 0.467. The first-order valence-electron chi connectivity index (χ1n) is 6.38. The van der Waals surface area contributed by atoms with E-state index in [0.29, 0.717) is 0 Å². The minimum atomic E-state index is 0.798. The zero-order valence-electron chi connectivity index (χ0n) is 10.4. The largest absolute Gasteiger partial charge is 0.300 e. The third kappa shape index (κ3) is 4.18. The molecule has 0 unspecified atom stereocenters. The number of hydrogen-bond donors (Lipinski definition) is 0. The quantitative estimate of drug-likeness (QED) is 0.780. The molecule has 0 spiro atoms. The van der Waals surface area contributed by atoms with Crippen LogP contribution in [0.15, 0.2) is 30.3 Å². The molecule has 0 radical (unpaired) electrons. The van der Waals surface area contributed by atoms with Gasteiger partial charge in [-0.05, 0) is 49.5 Å². The van der Waals surface area contributed by atoms with E-state index in [2.05, 4.69) is 36.1 Å². The van der Waals surface area contributed by atoms with Crippen LogP contribution in [0.1, 0.15) is 25.3 Å². The maximum Gasteiger partial charge on any atom is 0.0406 e. The fourth-order valence-corrected chi connectivity index (χ4v) is 2.28. The van der Waals surface area contributed by atoms with Crippen LogP contribution in [-0.2, 0) is 0 Å². The summed E-state index contributed by atoms with van der Waals surface area (Å²) < 4.78 is 0. The molecule has 2 heteroatoms. The highest BCUT2D eigenvalue weighted by atomic mass is 35.5. The minimum absolute atomic E-state index is 0.798. The summed E-state index contributed by atoms with van der Waals surface area (Å²) in [4.78, 5) is 2.52. The molecular formula is C15H20ClN. The molecule has 92 valence electrons. The predicted molar refractivity (Wildman–Crippen MR) is 75.3 cm³/mol. The Bertz CT molecular complexity index is 361. The van der Waals surface area contributed by atoms with Gasteiger partial charge in [0.1, 0.15) is 0 Å². The molecule has 1 aliphatic rings. The lowest BCUT2D eigenvalue weighted by molar-refractivity contribution is 0.210. The molecule has 0 aliphatic carbocycles. The highest BCUT2D eigenvalue weighted by molar-refractivity contribution is 6.30. The van der Waals surface area contributed by atoms with Crippen LogP contribution in [0.2, 0.25) is 5.02 Å². The number of piperidine rings is 1. The van der Waals surface area contributed by atoms with Crippen molar-refractivity contribution in [2.45, 2.75) is 19.8 Å². The Kier molecular flexibility index (Phi) is 4.64. The van der Waals surface area contributed by atoms with Gasteiger partial charge in [0.25, 0.3) is 0 Å². The van der Waals surface area contributed by atoms with Crippen molar-refractivity contribution in [1.82, 2.24) is 4.90 Å². The number of rotatable bonds is 3. The third-order valence-electron chi connectivity index (χ3n) is 3.42. The maximum absolute atomic E-state index is 5.85. The van der Waals surface area contributed by atoms with Gasteiger partial charge in [-0.1, -0.05) is 42.8 Å². The van der Waals surface area contributed by atoms with Crippen LogP contribution < -0.4 is 0 Å². The summed E-state index contributed by atoms with van der Waals surface area (Å²) >= 11 is 5.85. The Morgan fingerprint density at radius 2 is 1.88 bits per heavy atom. The number of benzene rings is 1. The van der Waals surface area contributed by atoms with Gasteiger partial charge in [-0.2, -0.15) is 0 Å². The van der Waals surface area contributed by atoms with Crippen LogP contribution in [0.5, 0.6) is 0 Å². The Hall–Kier alpha value is -0.790. The maximum atomic E-state index is 5.85. The molecule has 1 heterocycles. The summed E-state index contributed by atoms with van der Waals surface area (Å²) in [6.45, 7) is 5.90. The molecule has 0 N–H and O–H groups in total. The zero-order valence-corrected chi connectivity index (χ0v) is 11.2. The van der Waals surface area contributed by atoms with E-state index in [0.717, 1.165) is 17.5 Å². The highest BCUT2D eigenvalue weighted by Crippen LogP contribution is 2.16. The Morgan fingerprint density at radius 1 is 1.24 bits per heavy atom. The SMILES string of the molecule is CC1CCN(C/C=C/c2ccc(Cl)cc2)CC1. The Balaban J connectivity index is 1.79. The number of likely N-dealkylation sites (tertiary alicyclic amines) is 1. The molecule has 0 saturated carbocycles. The summed E-state index contributed by atoms with van der Waals surface area (Å²) in [6.07, 6.45) is 7.11. The highest BCUT2D eigenvalue weighted by Gasteiger charge is 2.13. The number of nitrogens with zero attached hydrogens (tertiary/aromatic N) is 1.